The summed E-state index contributed by atoms with van der Waals surface area (Å²) in [5, 5.41) is 8.52. The van der Waals surface area contributed by atoms with Gasteiger partial charge in [-0.2, -0.15) is 9.57 Å². The fourth-order valence-electron chi connectivity index (χ4n) is 1.79. The zero-order valence-electron chi connectivity index (χ0n) is 10.8. The second kappa shape index (κ2) is 5.46. The molecule has 0 fully saturated rings. The summed E-state index contributed by atoms with van der Waals surface area (Å²) in [6.45, 7) is 0.100. The van der Waals surface area contributed by atoms with Crippen LogP contribution in [0.15, 0.2) is 29.4 Å². The molecule has 106 valence electrons. The van der Waals surface area contributed by atoms with E-state index in [0.717, 1.165) is 4.31 Å². The number of pyridine rings is 1. The van der Waals surface area contributed by atoms with Crippen molar-refractivity contribution in [3.05, 3.63) is 24.4 Å². The molecule has 2 rings (SSSR count). The van der Waals surface area contributed by atoms with Crippen molar-refractivity contribution in [2.45, 2.75) is 11.4 Å². The molecular formula is C11H14N6O2S. The zero-order chi connectivity index (χ0) is 14.8. The van der Waals surface area contributed by atoms with Crippen LogP contribution in [-0.4, -0.2) is 35.7 Å². The number of nitrogens with zero attached hydrogens (tertiary/aromatic N) is 4. The van der Waals surface area contributed by atoms with Gasteiger partial charge in [-0.05, 0) is 12.1 Å². The van der Waals surface area contributed by atoms with E-state index >= 15 is 0 Å². The molecule has 9 heteroatoms. The largest absolute Gasteiger partial charge is 0.306 e. The lowest BCUT2D eigenvalue weighted by Gasteiger charge is -2.16. The minimum Gasteiger partial charge on any atom is -0.306 e. The number of aromatic nitrogens is 2. The third kappa shape index (κ3) is 2.32. The van der Waals surface area contributed by atoms with Gasteiger partial charge in [0.15, 0.2) is 5.82 Å². The van der Waals surface area contributed by atoms with E-state index in [4.69, 9.17) is 11.1 Å². The van der Waals surface area contributed by atoms with Crippen LogP contribution in [0.2, 0.25) is 0 Å². The van der Waals surface area contributed by atoms with Gasteiger partial charge < -0.3 is 5.43 Å². The molecule has 0 spiro atoms. The number of nitrogens with one attached hydrogen (secondary N) is 1. The first kappa shape index (κ1) is 14.3. The molecule has 0 bridgehead atoms. The lowest BCUT2D eigenvalue weighted by atomic mass is 10.5. The Kier molecular flexibility index (Phi) is 3.89. The highest BCUT2D eigenvalue weighted by atomic mass is 32.2. The van der Waals surface area contributed by atoms with Gasteiger partial charge in [0.05, 0.1) is 6.07 Å². The van der Waals surface area contributed by atoms with Gasteiger partial charge in [-0.15, -0.1) is 0 Å². The van der Waals surface area contributed by atoms with Crippen LogP contribution in [-0.2, 0) is 10.0 Å². The minimum atomic E-state index is -3.80. The first-order chi connectivity index (χ1) is 9.52. The molecule has 2 heterocycles. The van der Waals surface area contributed by atoms with Crippen LogP contribution in [0.5, 0.6) is 0 Å². The molecule has 0 unspecified atom stereocenters. The predicted molar refractivity (Wildman–Crippen MR) is 73.0 cm³/mol. The van der Waals surface area contributed by atoms with Gasteiger partial charge in [0.2, 0.25) is 5.03 Å². The Bertz CT molecular complexity index is 761. The third-order valence-corrected chi connectivity index (χ3v) is 4.70. The average Bonchev–Trinajstić information content (AvgIpc) is 2.83. The highest BCUT2D eigenvalue weighted by Crippen LogP contribution is 2.24. The first-order valence-electron chi connectivity index (χ1n) is 5.79. The van der Waals surface area contributed by atoms with Crippen LogP contribution in [0.25, 0.3) is 5.65 Å². The Balaban J connectivity index is 2.59. The maximum absolute atomic E-state index is 12.6. The number of imidazole rings is 1. The van der Waals surface area contributed by atoms with E-state index in [-0.39, 0.29) is 23.8 Å². The summed E-state index contributed by atoms with van der Waals surface area (Å²) in [6, 6.07) is 7.03. The van der Waals surface area contributed by atoms with Crippen molar-refractivity contribution in [2.75, 3.05) is 19.0 Å². The van der Waals surface area contributed by atoms with Crippen molar-refractivity contribution < 1.29 is 8.42 Å². The monoisotopic (exact) mass is 294 g/mol. The molecule has 2 aromatic rings. The van der Waals surface area contributed by atoms with Crippen LogP contribution >= 0.6 is 0 Å². The van der Waals surface area contributed by atoms with Crippen molar-refractivity contribution in [1.29, 1.82) is 5.26 Å². The van der Waals surface area contributed by atoms with Gasteiger partial charge in [-0.25, -0.2) is 19.2 Å². The number of rotatable bonds is 5. The number of nitriles is 1. The SMILES string of the molecule is CN(CCC#N)S(=O)(=O)c1c(NN)nc2ccccn12. The van der Waals surface area contributed by atoms with Crippen LogP contribution in [0.3, 0.4) is 0 Å². The van der Waals surface area contributed by atoms with E-state index in [9.17, 15) is 8.42 Å². The molecule has 0 aliphatic carbocycles. The number of fused-ring (bicyclic) bond motifs is 1. The second-order valence-corrected chi connectivity index (χ2v) is 6.03. The van der Waals surface area contributed by atoms with Gasteiger partial charge in [-0.1, -0.05) is 6.07 Å². The van der Waals surface area contributed by atoms with Crippen LogP contribution < -0.4 is 11.3 Å². The summed E-state index contributed by atoms with van der Waals surface area (Å²) in [7, 11) is -2.39. The van der Waals surface area contributed by atoms with Gasteiger partial charge >= 0.3 is 0 Å². The standard InChI is InChI=1S/C11H14N6O2S/c1-16(7-4-6-12)20(18,19)11-10(15-13)14-9-5-2-3-8-17(9)11/h2-3,5,8,15H,4,7,13H2,1H3. The van der Waals surface area contributed by atoms with E-state index in [0.29, 0.717) is 5.65 Å². The summed E-state index contributed by atoms with van der Waals surface area (Å²) >= 11 is 0. The number of anilines is 1. The van der Waals surface area contributed by atoms with Gasteiger partial charge in [0, 0.05) is 26.2 Å². The van der Waals surface area contributed by atoms with Crippen molar-refractivity contribution in [3.63, 3.8) is 0 Å². The Morgan fingerprint density at radius 2 is 2.30 bits per heavy atom. The molecule has 0 atom stereocenters. The molecule has 8 nitrogen and oxygen atoms in total. The molecule has 0 saturated heterocycles. The Morgan fingerprint density at radius 3 is 2.95 bits per heavy atom. The highest BCUT2D eigenvalue weighted by molar-refractivity contribution is 7.89. The van der Waals surface area contributed by atoms with Crippen molar-refractivity contribution in [2.24, 2.45) is 5.84 Å². The van der Waals surface area contributed by atoms with Crippen LogP contribution in [0.1, 0.15) is 6.42 Å². The molecule has 20 heavy (non-hydrogen) atoms. The summed E-state index contributed by atoms with van der Waals surface area (Å²) < 4.78 is 27.6. The summed E-state index contributed by atoms with van der Waals surface area (Å²) in [5.74, 6) is 5.42. The quantitative estimate of drug-likeness (QED) is 0.599. The van der Waals surface area contributed by atoms with Gasteiger partial charge in [0.25, 0.3) is 10.0 Å². The van der Waals surface area contributed by atoms with E-state index in [1.54, 1.807) is 24.4 Å². The second-order valence-electron chi connectivity index (χ2n) is 4.07. The van der Waals surface area contributed by atoms with E-state index in [1.165, 1.54) is 11.4 Å². The maximum atomic E-state index is 12.6. The number of nitrogens with two attached hydrogens (primary N) is 1. The van der Waals surface area contributed by atoms with Crippen molar-refractivity contribution in [1.82, 2.24) is 13.7 Å². The van der Waals surface area contributed by atoms with Gasteiger partial charge in [-0.3, -0.25) is 4.40 Å². The summed E-state index contributed by atoms with van der Waals surface area (Å²) in [6.07, 6.45) is 1.70. The summed E-state index contributed by atoms with van der Waals surface area (Å²) in [5.41, 5.74) is 2.76. The number of hydrazine groups is 1. The first-order valence-corrected chi connectivity index (χ1v) is 7.23. The molecule has 0 aliphatic rings. The highest BCUT2D eigenvalue weighted by Gasteiger charge is 2.28. The molecule has 3 N–H and O–H groups in total. The molecule has 0 radical (unpaired) electrons. The Morgan fingerprint density at radius 1 is 1.55 bits per heavy atom. The Hall–Kier alpha value is -2.15. The molecule has 0 amide bonds. The Labute approximate surface area is 116 Å². The smallest absolute Gasteiger partial charge is 0.262 e. The normalized spacial score (nSPS) is 11.7. The summed E-state index contributed by atoms with van der Waals surface area (Å²) in [4.78, 5) is 4.12. The van der Waals surface area contributed by atoms with Crippen molar-refractivity contribution in [3.8, 4) is 6.07 Å². The van der Waals surface area contributed by atoms with E-state index in [1.807, 2.05) is 6.07 Å². The number of nitrogen functional groups attached to an aromatic ring is 1. The molecule has 0 saturated carbocycles. The number of sulfonamides is 1. The molecular weight excluding hydrogens is 280 g/mol. The topological polar surface area (TPSA) is 117 Å². The lowest BCUT2D eigenvalue weighted by Crippen LogP contribution is -2.29. The molecule has 0 aromatic carbocycles. The lowest BCUT2D eigenvalue weighted by molar-refractivity contribution is 0.473. The average molecular weight is 294 g/mol. The zero-order valence-corrected chi connectivity index (χ0v) is 11.6. The van der Waals surface area contributed by atoms with E-state index in [2.05, 4.69) is 10.4 Å². The maximum Gasteiger partial charge on any atom is 0.262 e. The van der Waals surface area contributed by atoms with Crippen LogP contribution in [0, 0.1) is 11.3 Å². The van der Waals surface area contributed by atoms with Crippen molar-refractivity contribution >= 4 is 21.5 Å². The van der Waals surface area contributed by atoms with Gasteiger partial charge in [0.1, 0.15) is 5.65 Å². The fraction of sp³-hybridized carbons (Fsp3) is 0.273. The fourth-order valence-corrected chi connectivity index (χ4v) is 3.17. The molecule has 0 aliphatic heterocycles. The third-order valence-electron chi connectivity index (χ3n) is 2.82. The molecule has 2 aromatic heterocycles. The minimum absolute atomic E-state index is 0.0453. The van der Waals surface area contributed by atoms with Crippen LogP contribution in [0.4, 0.5) is 5.82 Å². The predicted octanol–water partition coefficient (Wildman–Crippen LogP) is 0.154. The number of hydrogen-bond donors (Lipinski definition) is 2. The number of hydrogen-bond acceptors (Lipinski definition) is 6. The van der Waals surface area contributed by atoms with E-state index < -0.39 is 10.0 Å².